The Bertz CT molecular complexity index is 390. The Labute approximate surface area is 102 Å². The number of benzene rings is 1. The smallest absolute Gasteiger partial charge is 0.339 e. The van der Waals surface area contributed by atoms with Crippen LogP contribution in [0.5, 0.6) is 11.5 Å². The van der Waals surface area contributed by atoms with Crippen LogP contribution in [0.2, 0.25) is 0 Å². The Morgan fingerprint density at radius 2 is 1.94 bits per heavy atom. The van der Waals surface area contributed by atoms with E-state index >= 15 is 0 Å². The standard InChI is InChI=1S/C11H13BrO4/c1-3-15-9-6-7(12)5-8(11(13)14)10(9)16-4-2/h5-6H,3-4H2,1-2H3,(H,13,14). The Balaban J connectivity index is 3.28. The Morgan fingerprint density at radius 1 is 1.31 bits per heavy atom. The first-order chi connectivity index (χ1) is 7.60. The van der Waals surface area contributed by atoms with E-state index in [4.69, 9.17) is 14.6 Å². The van der Waals surface area contributed by atoms with Gasteiger partial charge in [-0.25, -0.2) is 4.79 Å². The summed E-state index contributed by atoms with van der Waals surface area (Å²) in [6.07, 6.45) is 0. The molecule has 0 heterocycles. The van der Waals surface area contributed by atoms with Crippen molar-refractivity contribution in [2.45, 2.75) is 13.8 Å². The molecule has 0 radical (unpaired) electrons. The molecule has 0 saturated heterocycles. The molecule has 0 atom stereocenters. The van der Waals surface area contributed by atoms with Gasteiger partial charge in [-0.1, -0.05) is 15.9 Å². The molecule has 0 saturated carbocycles. The molecule has 5 heteroatoms. The van der Waals surface area contributed by atoms with Gasteiger partial charge in [-0.3, -0.25) is 0 Å². The van der Waals surface area contributed by atoms with Crippen LogP contribution in [0.1, 0.15) is 24.2 Å². The van der Waals surface area contributed by atoms with E-state index in [1.807, 2.05) is 6.92 Å². The van der Waals surface area contributed by atoms with E-state index in [9.17, 15) is 4.79 Å². The molecule has 0 spiro atoms. The van der Waals surface area contributed by atoms with Crippen molar-refractivity contribution in [2.24, 2.45) is 0 Å². The molecule has 88 valence electrons. The van der Waals surface area contributed by atoms with Crippen molar-refractivity contribution in [1.82, 2.24) is 0 Å². The Hall–Kier alpha value is -1.23. The minimum atomic E-state index is -1.04. The first-order valence-corrected chi connectivity index (χ1v) is 5.71. The summed E-state index contributed by atoms with van der Waals surface area (Å²) in [5.41, 5.74) is 0.0969. The normalized spacial score (nSPS) is 9.94. The maximum atomic E-state index is 11.0. The highest BCUT2D eigenvalue weighted by Gasteiger charge is 2.17. The molecular weight excluding hydrogens is 276 g/mol. The zero-order valence-electron chi connectivity index (χ0n) is 9.12. The molecule has 1 N–H and O–H groups in total. The molecule has 4 nitrogen and oxygen atoms in total. The number of hydrogen-bond acceptors (Lipinski definition) is 3. The molecule has 0 aliphatic carbocycles. The molecule has 0 aromatic heterocycles. The third-order valence-electron chi connectivity index (χ3n) is 1.84. The Morgan fingerprint density at radius 3 is 2.44 bits per heavy atom. The zero-order chi connectivity index (χ0) is 12.1. The van der Waals surface area contributed by atoms with Crippen LogP contribution in [0.4, 0.5) is 0 Å². The third kappa shape index (κ3) is 2.88. The summed E-state index contributed by atoms with van der Waals surface area (Å²) in [5.74, 6) is -0.318. The second-order valence-electron chi connectivity index (χ2n) is 2.95. The van der Waals surface area contributed by atoms with Crippen molar-refractivity contribution in [2.75, 3.05) is 13.2 Å². The second-order valence-corrected chi connectivity index (χ2v) is 3.87. The minimum Gasteiger partial charge on any atom is -0.490 e. The summed E-state index contributed by atoms with van der Waals surface area (Å²) >= 11 is 3.24. The van der Waals surface area contributed by atoms with Gasteiger partial charge < -0.3 is 14.6 Å². The average molecular weight is 289 g/mol. The topological polar surface area (TPSA) is 55.8 Å². The van der Waals surface area contributed by atoms with Crippen molar-refractivity contribution in [1.29, 1.82) is 0 Å². The largest absolute Gasteiger partial charge is 0.490 e. The molecule has 0 fully saturated rings. The summed E-state index contributed by atoms with van der Waals surface area (Å²) in [6.45, 7) is 4.47. The fraction of sp³-hybridized carbons (Fsp3) is 0.364. The third-order valence-corrected chi connectivity index (χ3v) is 2.30. The van der Waals surface area contributed by atoms with Crippen molar-refractivity contribution < 1.29 is 19.4 Å². The highest BCUT2D eigenvalue weighted by atomic mass is 79.9. The number of hydrogen-bond donors (Lipinski definition) is 1. The summed E-state index contributed by atoms with van der Waals surface area (Å²) in [7, 11) is 0. The maximum Gasteiger partial charge on any atom is 0.339 e. The van der Waals surface area contributed by atoms with Gasteiger partial charge in [0.2, 0.25) is 0 Å². The quantitative estimate of drug-likeness (QED) is 0.905. The number of carboxylic acids is 1. The minimum absolute atomic E-state index is 0.0969. The molecule has 0 aliphatic heterocycles. The lowest BCUT2D eigenvalue weighted by Gasteiger charge is -2.13. The van der Waals surface area contributed by atoms with Gasteiger partial charge in [0.1, 0.15) is 5.56 Å². The lowest BCUT2D eigenvalue weighted by Crippen LogP contribution is -2.06. The van der Waals surface area contributed by atoms with Gasteiger partial charge >= 0.3 is 5.97 Å². The number of aromatic carboxylic acids is 1. The van der Waals surface area contributed by atoms with E-state index < -0.39 is 5.97 Å². The highest BCUT2D eigenvalue weighted by molar-refractivity contribution is 9.10. The van der Waals surface area contributed by atoms with Gasteiger partial charge in [0.15, 0.2) is 11.5 Å². The van der Waals surface area contributed by atoms with Gasteiger partial charge in [0, 0.05) is 4.47 Å². The molecule has 1 aromatic carbocycles. The number of halogens is 1. The first-order valence-electron chi connectivity index (χ1n) is 4.92. The van der Waals surface area contributed by atoms with Crippen LogP contribution in [0.15, 0.2) is 16.6 Å². The first kappa shape index (κ1) is 12.8. The predicted octanol–water partition coefficient (Wildman–Crippen LogP) is 2.94. The summed E-state index contributed by atoms with van der Waals surface area (Å²) < 4.78 is 11.3. The van der Waals surface area contributed by atoms with E-state index in [2.05, 4.69) is 15.9 Å². The van der Waals surface area contributed by atoms with E-state index in [0.717, 1.165) is 0 Å². The average Bonchev–Trinajstić information content (AvgIpc) is 2.21. The fourth-order valence-corrected chi connectivity index (χ4v) is 1.72. The molecule has 0 aliphatic rings. The van der Waals surface area contributed by atoms with E-state index in [-0.39, 0.29) is 11.3 Å². The van der Waals surface area contributed by atoms with Gasteiger partial charge in [-0.2, -0.15) is 0 Å². The van der Waals surface area contributed by atoms with Gasteiger partial charge in [0.25, 0.3) is 0 Å². The van der Waals surface area contributed by atoms with Crippen LogP contribution in [-0.2, 0) is 0 Å². The number of carbonyl (C=O) groups is 1. The molecule has 0 bridgehead atoms. The summed E-state index contributed by atoms with van der Waals surface area (Å²) in [4.78, 5) is 11.0. The fourth-order valence-electron chi connectivity index (χ4n) is 1.28. The predicted molar refractivity (Wildman–Crippen MR) is 63.4 cm³/mol. The van der Waals surface area contributed by atoms with E-state index in [0.29, 0.717) is 23.4 Å². The molecule has 1 rings (SSSR count). The van der Waals surface area contributed by atoms with Gasteiger partial charge in [0.05, 0.1) is 13.2 Å². The number of carboxylic acid groups (broad SMARTS) is 1. The van der Waals surface area contributed by atoms with Crippen molar-refractivity contribution in [3.05, 3.63) is 22.2 Å². The van der Waals surface area contributed by atoms with Crippen LogP contribution in [-0.4, -0.2) is 24.3 Å². The van der Waals surface area contributed by atoms with Gasteiger partial charge in [-0.15, -0.1) is 0 Å². The van der Waals surface area contributed by atoms with E-state index in [1.165, 1.54) is 6.07 Å². The lowest BCUT2D eigenvalue weighted by atomic mass is 10.2. The number of ether oxygens (including phenoxy) is 2. The zero-order valence-corrected chi connectivity index (χ0v) is 10.7. The Kier molecular flexibility index (Phi) is 4.61. The second kappa shape index (κ2) is 5.75. The molecule has 0 unspecified atom stereocenters. The van der Waals surface area contributed by atoms with Crippen LogP contribution in [0.3, 0.4) is 0 Å². The molecule has 16 heavy (non-hydrogen) atoms. The van der Waals surface area contributed by atoms with Crippen LogP contribution in [0, 0.1) is 0 Å². The van der Waals surface area contributed by atoms with E-state index in [1.54, 1.807) is 13.0 Å². The molecule has 1 aromatic rings. The van der Waals surface area contributed by atoms with Crippen molar-refractivity contribution in [3.63, 3.8) is 0 Å². The monoisotopic (exact) mass is 288 g/mol. The molecular formula is C11H13BrO4. The van der Waals surface area contributed by atoms with Gasteiger partial charge in [-0.05, 0) is 26.0 Å². The highest BCUT2D eigenvalue weighted by Crippen LogP contribution is 2.35. The summed E-state index contributed by atoms with van der Waals surface area (Å²) in [6, 6.07) is 3.19. The van der Waals surface area contributed by atoms with Crippen LogP contribution in [0.25, 0.3) is 0 Å². The number of rotatable bonds is 5. The SMILES string of the molecule is CCOc1cc(Br)cc(C(=O)O)c1OCC. The van der Waals surface area contributed by atoms with Crippen LogP contribution >= 0.6 is 15.9 Å². The maximum absolute atomic E-state index is 11.0. The molecule has 0 amide bonds. The van der Waals surface area contributed by atoms with Crippen molar-refractivity contribution >= 4 is 21.9 Å². The van der Waals surface area contributed by atoms with Crippen LogP contribution < -0.4 is 9.47 Å². The summed E-state index contributed by atoms with van der Waals surface area (Å²) in [5, 5.41) is 9.05. The van der Waals surface area contributed by atoms with Crippen molar-refractivity contribution in [3.8, 4) is 11.5 Å². The lowest BCUT2D eigenvalue weighted by molar-refractivity contribution is 0.0691.